The summed E-state index contributed by atoms with van der Waals surface area (Å²) in [5, 5.41) is 17.9. The molecule has 3 rings (SSSR count). The van der Waals surface area contributed by atoms with Crippen LogP contribution in [0.3, 0.4) is 0 Å². The molecule has 10 heteroatoms. The van der Waals surface area contributed by atoms with Crippen molar-refractivity contribution in [2.75, 3.05) is 7.11 Å². The highest BCUT2D eigenvalue weighted by molar-refractivity contribution is 6.46. The van der Waals surface area contributed by atoms with Gasteiger partial charge in [-0.3, -0.25) is 0 Å². The summed E-state index contributed by atoms with van der Waals surface area (Å²) < 4.78 is 33.7. The van der Waals surface area contributed by atoms with Crippen LogP contribution in [0.25, 0.3) is 11.0 Å². The van der Waals surface area contributed by atoms with Gasteiger partial charge in [0.15, 0.2) is 0 Å². The van der Waals surface area contributed by atoms with Gasteiger partial charge >= 0.3 is 25.3 Å². The molecule has 0 aliphatic heterocycles. The Kier molecular flexibility index (Phi) is 5.65. The van der Waals surface area contributed by atoms with Gasteiger partial charge in [0.25, 0.3) is 0 Å². The molecule has 1 radical (unpaired) electrons. The number of alkyl halides is 2. The average molecular weight is 401 g/mol. The molecular formula is C19H16BF2N2O5. The molecule has 29 heavy (non-hydrogen) atoms. The van der Waals surface area contributed by atoms with E-state index in [1.165, 1.54) is 19.2 Å². The van der Waals surface area contributed by atoms with E-state index in [2.05, 4.69) is 9.72 Å². The number of methoxy groups -OCH3 is 1. The Morgan fingerprint density at radius 3 is 2.66 bits per heavy atom. The van der Waals surface area contributed by atoms with Gasteiger partial charge in [-0.05, 0) is 29.3 Å². The van der Waals surface area contributed by atoms with Crippen LogP contribution in [0.5, 0.6) is 0 Å². The number of carboxylic acid groups (broad SMARTS) is 1. The molecule has 1 heterocycles. The Bertz CT molecular complexity index is 1080. The number of esters is 1. The SMILES string of the molecule is COC(=O)c1ccc2c(c1)ncn2Cc1ccc([B]O)c(CC(F)(F)C(=O)O)c1. The van der Waals surface area contributed by atoms with Crippen molar-refractivity contribution in [1.29, 1.82) is 0 Å². The van der Waals surface area contributed by atoms with Crippen molar-refractivity contribution in [3.63, 3.8) is 0 Å². The minimum absolute atomic E-state index is 0.00907. The van der Waals surface area contributed by atoms with Crippen molar-refractivity contribution < 1.29 is 33.2 Å². The highest BCUT2D eigenvalue weighted by Crippen LogP contribution is 2.21. The van der Waals surface area contributed by atoms with E-state index in [4.69, 9.17) is 5.11 Å². The van der Waals surface area contributed by atoms with Crippen molar-refractivity contribution in [2.45, 2.75) is 18.9 Å². The van der Waals surface area contributed by atoms with E-state index in [9.17, 15) is 23.4 Å². The smallest absolute Gasteiger partial charge is 0.374 e. The minimum Gasteiger partial charge on any atom is -0.477 e. The summed E-state index contributed by atoms with van der Waals surface area (Å²) in [6.45, 7) is 0.269. The summed E-state index contributed by atoms with van der Waals surface area (Å²) in [6, 6.07) is 9.38. The monoisotopic (exact) mass is 401 g/mol. The van der Waals surface area contributed by atoms with Crippen LogP contribution in [0.15, 0.2) is 42.7 Å². The molecule has 0 amide bonds. The average Bonchev–Trinajstić information content (AvgIpc) is 3.09. The quantitative estimate of drug-likeness (QED) is 0.458. The first-order valence-corrected chi connectivity index (χ1v) is 8.49. The fraction of sp³-hybridized carbons (Fsp3) is 0.211. The number of carbonyl (C=O) groups excluding carboxylic acids is 1. The molecule has 149 valence electrons. The van der Waals surface area contributed by atoms with Gasteiger partial charge in [0, 0.05) is 13.0 Å². The van der Waals surface area contributed by atoms with Crippen LogP contribution in [0.2, 0.25) is 0 Å². The van der Waals surface area contributed by atoms with Gasteiger partial charge in [-0.25, -0.2) is 14.6 Å². The molecule has 0 saturated carbocycles. The van der Waals surface area contributed by atoms with Crippen LogP contribution in [0.4, 0.5) is 8.78 Å². The number of halogens is 2. The molecule has 0 aliphatic rings. The van der Waals surface area contributed by atoms with E-state index in [-0.39, 0.29) is 17.6 Å². The first-order chi connectivity index (χ1) is 13.7. The number of carboxylic acids is 1. The number of nitrogens with zero attached hydrogens (tertiary/aromatic N) is 2. The Labute approximate surface area is 164 Å². The van der Waals surface area contributed by atoms with E-state index in [1.807, 2.05) is 0 Å². The highest BCUT2D eigenvalue weighted by Gasteiger charge is 2.39. The second-order valence-corrected chi connectivity index (χ2v) is 6.42. The maximum atomic E-state index is 13.6. The summed E-state index contributed by atoms with van der Waals surface area (Å²) >= 11 is 0. The van der Waals surface area contributed by atoms with Crippen molar-refractivity contribution in [2.24, 2.45) is 0 Å². The standard InChI is InChI=1S/C19H16BF2N2O5/c1-29-17(25)12-3-5-16-15(7-12)23-10-24(16)9-11-2-4-14(20-28)13(6-11)8-19(21,22)18(26)27/h2-7,10,28H,8-9H2,1H3,(H,26,27). The maximum Gasteiger partial charge on any atom is 0.374 e. The number of ether oxygens (including phenoxy) is 1. The number of aliphatic carboxylic acids is 1. The van der Waals surface area contributed by atoms with Crippen LogP contribution in [-0.2, 0) is 22.5 Å². The molecule has 0 atom stereocenters. The molecule has 0 spiro atoms. The van der Waals surface area contributed by atoms with E-state index < -0.39 is 24.3 Å². The zero-order valence-corrected chi connectivity index (χ0v) is 15.3. The third-order valence-electron chi connectivity index (χ3n) is 4.47. The summed E-state index contributed by atoms with van der Waals surface area (Å²) in [6.07, 6.45) is 0.499. The Morgan fingerprint density at radius 1 is 1.24 bits per heavy atom. The predicted molar refractivity (Wildman–Crippen MR) is 101 cm³/mol. The third-order valence-corrected chi connectivity index (χ3v) is 4.47. The molecule has 0 unspecified atom stereocenters. The van der Waals surface area contributed by atoms with Crippen molar-refractivity contribution >= 4 is 35.9 Å². The molecule has 3 aromatic rings. The number of hydrogen-bond donors (Lipinski definition) is 2. The van der Waals surface area contributed by atoms with Gasteiger partial charge in [-0.1, -0.05) is 23.7 Å². The topological polar surface area (TPSA) is 102 Å². The highest BCUT2D eigenvalue weighted by atomic mass is 19.3. The fourth-order valence-corrected chi connectivity index (χ4v) is 2.98. The number of aromatic nitrogens is 2. The third kappa shape index (κ3) is 4.27. The first-order valence-electron chi connectivity index (χ1n) is 8.49. The van der Waals surface area contributed by atoms with E-state index in [0.717, 1.165) is 0 Å². The number of rotatable bonds is 7. The van der Waals surface area contributed by atoms with Crippen molar-refractivity contribution in [1.82, 2.24) is 9.55 Å². The zero-order valence-electron chi connectivity index (χ0n) is 15.3. The van der Waals surface area contributed by atoms with Crippen molar-refractivity contribution in [3.8, 4) is 0 Å². The first kappa shape index (κ1) is 20.5. The molecule has 2 aromatic carbocycles. The predicted octanol–water partition coefficient (Wildman–Crippen LogP) is 1.37. The molecule has 0 fully saturated rings. The lowest BCUT2D eigenvalue weighted by Crippen LogP contribution is -2.34. The van der Waals surface area contributed by atoms with Crippen LogP contribution in [-0.4, -0.2) is 52.1 Å². The Hall–Kier alpha value is -3.27. The van der Waals surface area contributed by atoms with Crippen LogP contribution < -0.4 is 5.46 Å². The number of fused-ring (bicyclic) bond motifs is 1. The lowest BCUT2D eigenvalue weighted by atomic mass is 9.81. The molecule has 1 aromatic heterocycles. The zero-order chi connectivity index (χ0) is 21.2. The van der Waals surface area contributed by atoms with Crippen LogP contribution in [0.1, 0.15) is 21.5 Å². The van der Waals surface area contributed by atoms with E-state index in [0.29, 0.717) is 29.6 Å². The number of benzene rings is 2. The summed E-state index contributed by atoms with van der Waals surface area (Å²) in [7, 11) is 1.95. The second-order valence-electron chi connectivity index (χ2n) is 6.42. The summed E-state index contributed by atoms with van der Waals surface area (Å²) in [5.41, 5.74) is 2.37. The lowest BCUT2D eigenvalue weighted by Gasteiger charge is -2.15. The van der Waals surface area contributed by atoms with E-state index >= 15 is 0 Å². The van der Waals surface area contributed by atoms with Gasteiger partial charge in [-0.15, -0.1) is 0 Å². The molecule has 2 N–H and O–H groups in total. The molecular weight excluding hydrogens is 385 g/mol. The normalized spacial score (nSPS) is 11.4. The van der Waals surface area contributed by atoms with Gasteiger partial charge in [0.05, 0.1) is 30.0 Å². The van der Waals surface area contributed by atoms with Gasteiger partial charge in [0.1, 0.15) is 0 Å². The second kappa shape index (κ2) is 8.00. The number of imidazole rings is 1. The maximum absolute atomic E-state index is 13.6. The van der Waals surface area contributed by atoms with E-state index in [1.54, 1.807) is 35.2 Å². The minimum atomic E-state index is -3.96. The Morgan fingerprint density at radius 2 is 2.00 bits per heavy atom. The summed E-state index contributed by atoms with van der Waals surface area (Å²) in [5.74, 6) is -6.67. The molecule has 7 nitrogen and oxygen atoms in total. The Balaban J connectivity index is 1.91. The number of hydrogen-bond acceptors (Lipinski definition) is 5. The largest absolute Gasteiger partial charge is 0.477 e. The molecule has 0 aliphatic carbocycles. The molecule has 0 saturated heterocycles. The number of carbonyl (C=O) groups is 2. The van der Waals surface area contributed by atoms with Gasteiger partial charge < -0.3 is 19.4 Å². The summed E-state index contributed by atoms with van der Waals surface area (Å²) in [4.78, 5) is 26.6. The van der Waals surface area contributed by atoms with Crippen LogP contribution >= 0.6 is 0 Å². The van der Waals surface area contributed by atoms with Gasteiger partial charge in [0.2, 0.25) is 0 Å². The molecule has 0 bridgehead atoms. The lowest BCUT2D eigenvalue weighted by molar-refractivity contribution is -0.164. The van der Waals surface area contributed by atoms with Crippen LogP contribution in [0, 0.1) is 0 Å². The van der Waals surface area contributed by atoms with Gasteiger partial charge in [-0.2, -0.15) is 8.78 Å². The fourth-order valence-electron chi connectivity index (χ4n) is 2.98. The van der Waals surface area contributed by atoms with Crippen molar-refractivity contribution in [3.05, 3.63) is 59.4 Å².